The van der Waals surface area contributed by atoms with E-state index in [2.05, 4.69) is 54.4 Å². The second kappa shape index (κ2) is 10.2. The standard InChI is InChI=1S/C19H19N3.3CH4/c1-15(2)22-20-18(14-13-16-9-5-3-6-10-16)19(21-22)17-11-7-4-8-12-17;;;/h3-15H,1-2H3;3*1H4/b14-13+;;;. The summed E-state index contributed by atoms with van der Waals surface area (Å²) in [7, 11) is 0. The van der Waals surface area contributed by atoms with E-state index in [1.54, 1.807) is 4.80 Å². The van der Waals surface area contributed by atoms with Crippen LogP contribution in [0, 0.1) is 0 Å². The van der Waals surface area contributed by atoms with Gasteiger partial charge in [-0.25, -0.2) is 0 Å². The first kappa shape index (κ1) is 22.3. The zero-order chi connectivity index (χ0) is 15.4. The highest BCUT2D eigenvalue weighted by Gasteiger charge is 2.12. The highest BCUT2D eigenvalue weighted by atomic mass is 15.5. The summed E-state index contributed by atoms with van der Waals surface area (Å²) in [5.74, 6) is 0. The van der Waals surface area contributed by atoms with Gasteiger partial charge in [0, 0.05) is 5.56 Å². The summed E-state index contributed by atoms with van der Waals surface area (Å²) >= 11 is 0. The highest BCUT2D eigenvalue weighted by molar-refractivity contribution is 5.76. The SMILES string of the molecule is C.C.C.CC(C)n1nc(/C=C/c2ccccc2)c(-c2ccccc2)n1. The lowest BCUT2D eigenvalue weighted by Crippen LogP contribution is -2.04. The van der Waals surface area contributed by atoms with E-state index >= 15 is 0 Å². The minimum Gasteiger partial charge on any atom is -0.181 e. The van der Waals surface area contributed by atoms with Crippen molar-refractivity contribution in [2.24, 2.45) is 0 Å². The van der Waals surface area contributed by atoms with Crippen LogP contribution in [0.15, 0.2) is 60.7 Å². The molecule has 1 heterocycles. The van der Waals surface area contributed by atoms with Gasteiger partial charge in [-0.05, 0) is 25.5 Å². The van der Waals surface area contributed by atoms with Crippen LogP contribution in [0.1, 0.15) is 53.4 Å². The Morgan fingerprint density at radius 2 is 1.32 bits per heavy atom. The Kier molecular flexibility index (Phi) is 9.14. The van der Waals surface area contributed by atoms with E-state index in [1.165, 1.54) is 0 Å². The summed E-state index contributed by atoms with van der Waals surface area (Å²) in [6.07, 6.45) is 4.10. The van der Waals surface area contributed by atoms with Crippen molar-refractivity contribution in [1.29, 1.82) is 0 Å². The summed E-state index contributed by atoms with van der Waals surface area (Å²) in [5.41, 5.74) is 4.05. The van der Waals surface area contributed by atoms with Crippen molar-refractivity contribution in [3.05, 3.63) is 71.9 Å². The van der Waals surface area contributed by atoms with Gasteiger partial charge in [-0.15, -0.1) is 0 Å². The van der Waals surface area contributed by atoms with Crippen LogP contribution in [0.4, 0.5) is 0 Å². The van der Waals surface area contributed by atoms with Crippen molar-refractivity contribution < 1.29 is 0 Å². The third-order valence-electron chi connectivity index (χ3n) is 3.40. The first-order valence-electron chi connectivity index (χ1n) is 7.49. The molecule has 0 unspecified atom stereocenters. The van der Waals surface area contributed by atoms with Crippen molar-refractivity contribution in [3.8, 4) is 11.3 Å². The second-order valence-corrected chi connectivity index (χ2v) is 5.46. The van der Waals surface area contributed by atoms with E-state index in [9.17, 15) is 0 Å². The van der Waals surface area contributed by atoms with Crippen LogP contribution in [0.3, 0.4) is 0 Å². The van der Waals surface area contributed by atoms with Crippen LogP contribution in [0.25, 0.3) is 23.4 Å². The predicted octanol–water partition coefficient (Wildman–Crippen LogP) is 6.60. The largest absolute Gasteiger partial charge is 0.181 e. The maximum atomic E-state index is 4.65. The Balaban J connectivity index is 0.00000192. The smallest absolute Gasteiger partial charge is 0.120 e. The molecule has 25 heavy (non-hydrogen) atoms. The van der Waals surface area contributed by atoms with Gasteiger partial charge >= 0.3 is 0 Å². The van der Waals surface area contributed by atoms with E-state index in [1.807, 2.05) is 42.5 Å². The van der Waals surface area contributed by atoms with E-state index in [-0.39, 0.29) is 28.3 Å². The molecule has 3 aromatic rings. The first-order valence-corrected chi connectivity index (χ1v) is 7.49. The Bertz CT molecular complexity index is 756. The molecule has 0 saturated carbocycles. The normalized spacial score (nSPS) is 10.0. The lowest BCUT2D eigenvalue weighted by atomic mass is 10.1. The molecule has 134 valence electrons. The average molecular weight is 338 g/mol. The molecule has 0 aliphatic heterocycles. The zero-order valence-electron chi connectivity index (χ0n) is 12.8. The van der Waals surface area contributed by atoms with Crippen molar-refractivity contribution >= 4 is 12.2 Å². The molecule has 0 bridgehead atoms. The molecule has 2 aromatic carbocycles. The zero-order valence-corrected chi connectivity index (χ0v) is 12.8. The third kappa shape index (κ3) is 5.42. The Morgan fingerprint density at radius 1 is 0.760 bits per heavy atom. The second-order valence-electron chi connectivity index (χ2n) is 5.46. The summed E-state index contributed by atoms with van der Waals surface area (Å²) in [6.45, 7) is 4.17. The van der Waals surface area contributed by atoms with E-state index in [4.69, 9.17) is 0 Å². The fourth-order valence-corrected chi connectivity index (χ4v) is 2.22. The van der Waals surface area contributed by atoms with Gasteiger partial charge in [-0.1, -0.05) is 89.0 Å². The van der Waals surface area contributed by atoms with Gasteiger partial charge < -0.3 is 0 Å². The molecule has 0 amide bonds. The van der Waals surface area contributed by atoms with Gasteiger partial charge in [-0.3, -0.25) is 0 Å². The van der Waals surface area contributed by atoms with E-state index < -0.39 is 0 Å². The molecule has 0 radical (unpaired) electrons. The Morgan fingerprint density at radius 3 is 1.88 bits per heavy atom. The average Bonchev–Trinajstić information content (AvgIpc) is 2.99. The van der Waals surface area contributed by atoms with Gasteiger partial charge in [0.2, 0.25) is 0 Å². The lowest BCUT2D eigenvalue weighted by Gasteiger charge is -2.00. The summed E-state index contributed by atoms with van der Waals surface area (Å²) in [6, 6.07) is 20.6. The van der Waals surface area contributed by atoms with Crippen LogP contribution in [-0.4, -0.2) is 15.0 Å². The van der Waals surface area contributed by atoms with Crippen molar-refractivity contribution in [2.45, 2.75) is 42.2 Å². The number of nitrogens with zero attached hydrogens (tertiary/aromatic N) is 3. The van der Waals surface area contributed by atoms with Crippen LogP contribution >= 0.6 is 0 Å². The molecule has 1 aromatic heterocycles. The molecule has 0 atom stereocenters. The lowest BCUT2D eigenvalue weighted by molar-refractivity contribution is 0.466. The number of hydrogen-bond donors (Lipinski definition) is 0. The Labute approximate surface area is 153 Å². The molecule has 3 heteroatoms. The van der Waals surface area contributed by atoms with Gasteiger partial charge in [0.15, 0.2) is 0 Å². The fraction of sp³-hybridized carbons (Fsp3) is 0.273. The molecule has 0 aliphatic rings. The molecule has 3 rings (SSSR count). The minimum absolute atomic E-state index is 0. The van der Waals surface area contributed by atoms with E-state index in [0.717, 1.165) is 22.5 Å². The van der Waals surface area contributed by atoms with Gasteiger partial charge in [0.25, 0.3) is 0 Å². The molecular formula is C22H31N3. The molecular weight excluding hydrogens is 306 g/mol. The van der Waals surface area contributed by atoms with Crippen LogP contribution in [0.5, 0.6) is 0 Å². The third-order valence-corrected chi connectivity index (χ3v) is 3.40. The number of aromatic nitrogens is 3. The molecule has 0 saturated heterocycles. The summed E-state index contributed by atoms with van der Waals surface area (Å²) in [4.78, 5) is 1.77. The molecule has 0 N–H and O–H groups in total. The summed E-state index contributed by atoms with van der Waals surface area (Å²) in [5, 5.41) is 9.27. The molecule has 0 fully saturated rings. The quantitative estimate of drug-likeness (QED) is 0.536. The van der Waals surface area contributed by atoms with Crippen molar-refractivity contribution in [1.82, 2.24) is 15.0 Å². The van der Waals surface area contributed by atoms with Crippen LogP contribution in [-0.2, 0) is 0 Å². The molecule has 0 spiro atoms. The minimum atomic E-state index is 0. The number of rotatable bonds is 4. The maximum Gasteiger partial charge on any atom is 0.120 e. The molecule has 3 nitrogen and oxygen atoms in total. The van der Waals surface area contributed by atoms with Crippen molar-refractivity contribution in [3.63, 3.8) is 0 Å². The fourth-order valence-electron chi connectivity index (χ4n) is 2.22. The number of benzene rings is 2. The Hall–Kier alpha value is -2.68. The first-order chi connectivity index (χ1) is 10.7. The topological polar surface area (TPSA) is 30.7 Å². The molecule has 0 aliphatic carbocycles. The van der Waals surface area contributed by atoms with Crippen LogP contribution in [0.2, 0.25) is 0 Å². The maximum absolute atomic E-state index is 4.65. The predicted molar refractivity (Wildman–Crippen MR) is 111 cm³/mol. The summed E-state index contributed by atoms with van der Waals surface area (Å²) < 4.78 is 0. The van der Waals surface area contributed by atoms with Gasteiger partial charge in [0.1, 0.15) is 11.4 Å². The van der Waals surface area contributed by atoms with Crippen LogP contribution < -0.4 is 0 Å². The van der Waals surface area contributed by atoms with Gasteiger partial charge in [0.05, 0.1) is 6.04 Å². The highest BCUT2D eigenvalue weighted by Crippen LogP contribution is 2.22. The van der Waals surface area contributed by atoms with Gasteiger partial charge in [-0.2, -0.15) is 15.0 Å². The monoisotopic (exact) mass is 337 g/mol. The van der Waals surface area contributed by atoms with Crippen molar-refractivity contribution in [2.75, 3.05) is 0 Å². The number of hydrogen-bond acceptors (Lipinski definition) is 2. The van der Waals surface area contributed by atoms with E-state index in [0.29, 0.717) is 0 Å².